The third-order valence-electron chi connectivity index (χ3n) is 2.77. The van der Waals surface area contributed by atoms with Gasteiger partial charge >= 0.3 is 0 Å². The van der Waals surface area contributed by atoms with Crippen molar-refractivity contribution in [3.05, 3.63) is 42.2 Å². The van der Waals surface area contributed by atoms with Crippen LogP contribution in [0.5, 0.6) is 23.0 Å². The van der Waals surface area contributed by atoms with Crippen molar-refractivity contribution >= 4 is 0 Å². The van der Waals surface area contributed by atoms with Gasteiger partial charge in [-0.3, -0.25) is 4.98 Å². The maximum absolute atomic E-state index is 9.38. The molecule has 1 N–H and O–H groups in total. The Morgan fingerprint density at radius 2 is 1.95 bits per heavy atom. The molecule has 0 saturated carbocycles. The van der Waals surface area contributed by atoms with E-state index in [0.717, 1.165) is 5.75 Å². The number of benzene rings is 1. The molecule has 1 aromatic carbocycles. The van der Waals surface area contributed by atoms with Gasteiger partial charge in [-0.25, -0.2) is 0 Å². The number of aliphatic hydroxyl groups is 1. The van der Waals surface area contributed by atoms with Crippen molar-refractivity contribution in [2.24, 2.45) is 0 Å². The maximum Gasteiger partial charge on any atom is 0.231 e. The first-order valence-corrected chi connectivity index (χ1v) is 5.94. The SMILES string of the molecule is CC(O)c1ccc(Oc2ccc3c(c2)OCO3)cn1. The fraction of sp³-hybridized carbons (Fsp3) is 0.214. The molecule has 98 valence electrons. The lowest BCUT2D eigenvalue weighted by Gasteiger charge is -2.08. The molecule has 1 unspecified atom stereocenters. The molecule has 1 aliphatic rings. The summed E-state index contributed by atoms with van der Waals surface area (Å²) in [5, 5.41) is 9.38. The second kappa shape index (κ2) is 4.78. The highest BCUT2D eigenvalue weighted by atomic mass is 16.7. The lowest BCUT2D eigenvalue weighted by molar-refractivity contribution is 0.174. The third-order valence-corrected chi connectivity index (χ3v) is 2.77. The molecule has 3 rings (SSSR count). The molecule has 1 atom stereocenters. The minimum atomic E-state index is -0.584. The Labute approximate surface area is 110 Å². The molecule has 0 aliphatic carbocycles. The van der Waals surface area contributed by atoms with E-state index in [0.29, 0.717) is 22.9 Å². The summed E-state index contributed by atoms with van der Waals surface area (Å²) in [7, 11) is 0. The standard InChI is InChI=1S/C14H13NO4/c1-9(16)12-4-2-11(7-15-12)19-10-3-5-13-14(6-10)18-8-17-13/h2-7,9,16H,8H2,1H3. The van der Waals surface area contributed by atoms with Gasteiger partial charge in [0.25, 0.3) is 0 Å². The minimum Gasteiger partial charge on any atom is -0.456 e. The highest BCUT2D eigenvalue weighted by molar-refractivity contribution is 5.47. The second-order valence-corrected chi connectivity index (χ2v) is 4.21. The van der Waals surface area contributed by atoms with E-state index in [1.807, 2.05) is 0 Å². The molecule has 2 aromatic rings. The number of hydrogen-bond acceptors (Lipinski definition) is 5. The minimum absolute atomic E-state index is 0.240. The first-order chi connectivity index (χ1) is 9.22. The van der Waals surface area contributed by atoms with Crippen LogP contribution < -0.4 is 14.2 Å². The molecule has 0 saturated heterocycles. The monoisotopic (exact) mass is 259 g/mol. The normalized spacial score (nSPS) is 14.2. The summed E-state index contributed by atoms with van der Waals surface area (Å²) in [6, 6.07) is 8.86. The van der Waals surface area contributed by atoms with Gasteiger partial charge < -0.3 is 19.3 Å². The third kappa shape index (κ3) is 2.46. The fourth-order valence-electron chi connectivity index (χ4n) is 1.78. The molecule has 0 bridgehead atoms. The van der Waals surface area contributed by atoms with Crippen LogP contribution in [0.25, 0.3) is 0 Å². The zero-order valence-corrected chi connectivity index (χ0v) is 10.4. The van der Waals surface area contributed by atoms with E-state index in [4.69, 9.17) is 14.2 Å². The molecule has 0 spiro atoms. The van der Waals surface area contributed by atoms with Gasteiger partial charge in [-0.2, -0.15) is 0 Å². The Bertz CT molecular complexity index is 580. The van der Waals surface area contributed by atoms with Gasteiger partial charge in [0, 0.05) is 6.07 Å². The fourth-order valence-corrected chi connectivity index (χ4v) is 1.78. The number of hydrogen-bond donors (Lipinski definition) is 1. The summed E-state index contributed by atoms with van der Waals surface area (Å²) in [4.78, 5) is 4.12. The lowest BCUT2D eigenvalue weighted by Crippen LogP contribution is -1.95. The molecular formula is C14H13NO4. The first-order valence-electron chi connectivity index (χ1n) is 5.94. The highest BCUT2D eigenvalue weighted by Crippen LogP contribution is 2.36. The molecule has 5 heteroatoms. The average Bonchev–Trinajstić information content (AvgIpc) is 2.87. The van der Waals surface area contributed by atoms with Crippen LogP contribution in [0.4, 0.5) is 0 Å². The molecule has 5 nitrogen and oxygen atoms in total. The molecule has 0 fully saturated rings. The number of fused-ring (bicyclic) bond motifs is 1. The maximum atomic E-state index is 9.38. The van der Waals surface area contributed by atoms with Gasteiger partial charge in [0.1, 0.15) is 11.5 Å². The molecule has 2 heterocycles. The molecule has 19 heavy (non-hydrogen) atoms. The number of rotatable bonds is 3. The van der Waals surface area contributed by atoms with Crippen molar-refractivity contribution in [3.63, 3.8) is 0 Å². The van der Waals surface area contributed by atoms with Gasteiger partial charge in [-0.15, -0.1) is 0 Å². The molecule has 1 aliphatic heterocycles. The number of aromatic nitrogens is 1. The molecule has 0 amide bonds. The van der Waals surface area contributed by atoms with Crippen molar-refractivity contribution in [2.45, 2.75) is 13.0 Å². The molecular weight excluding hydrogens is 246 g/mol. The van der Waals surface area contributed by atoms with Gasteiger partial charge in [-0.05, 0) is 31.2 Å². The van der Waals surface area contributed by atoms with Crippen LogP contribution in [0.3, 0.4) is 0 Å². The van der Waals surface area contributed by atoms with Crippen LogP contribution in [0, 0.1) is 0 Å². The van der Waals surface area contributed by atoms with Crippen LogP contribution in [-0.2, 0) is 0 Å². The summed E-state index contributed by atoms with van der Waals surface area (Å²) in [5.74, 6) is 2.64. The van der Waals surface area contributed by atoms with Crippen LogP contribution in [0.2, 0.25) is 0 Å². The quantitative estimate of drug-likeness (QED) is 0.918. The first kappa shape index (κ1) is 11.8. The summed E-state index contributed by atoms with van der Waals surface area (Å²) in [6.07, 6.45) is 0.992. The van der Waals surface area contributed by atoms with Crippen molar-refractivity contribution in [1.29, 1.82) is 0 Å². The Morgan fingerprint density at radius 1 is 1.16 bits per heavy atom. The van der Waals surface area contributed by atoms with E-state index < -0.39 is 6.10 Å². The zero-order valence-electron chi connectivity index (χ0n) is 10.4. The van der Waals surface area contributed by atoms with Crippen molar-refractivity contribution in [3.8, 4) is 23.0 Å². The Kier molecular flexibility index (Phi) is 2.97. The van der Waals surface area contributed by atoms with Gasteiger partial charge in [0.05, 0.1) is 18.0 Å². The number of pyridine rings is 1. The van der Waals surface area contributed by atoms with Gasteiger partial charge in [0.2, 0.25) is 6.79 Å². The second-order valence-electron chi connectivity index (χ2n) is 4.21. The largest absolute Gasteiger partial charge is 0.456 e. The summed E-state index contributed by atoms with van der Waals surface area (Å²) in [6.45, 7) is 1.91. The zero-order chi connectivity index (χ0) is 13.2. The van der Waals surface area contributed by atoms with Gasteiger partial charge in [-0.1, -0.05) is 0 Å². The summed E-state index contributed by atoms with van der Waals surface area (Å²) < 4.78 is 16.2. The van der Waals surface area contributed by atoms with Crippen molar-refractivity contribution < 1.29 is 19.3 Å². The Hall–Kier alpha value is -2.27. The smallest absolute Gasteiger partial charge is 0.231 e. The average molecular weight is 259 g/mol. The number of ether oxygens (including phenoxy) is 3. The van der Waals surface area contributed by atoms with E-state index in [1.54, 1.807) is 43.5 Å². The van der Waals surface area contributed by atoms with E-state index in [-0.39, 0.29) is 6.79 Å². The summed E-state index contributed by atoms with van der Waals surface area (Å²) >= 11 is 0. The predicted molar refractivity (Wildman–Crippen MR) is 67.5 cm³/mol. The Morgan fingerprint density at radius 3 is 2.68 bits per heavy atom. The van der Waals surface area contributed by atoms with E-state index in [2.05, 4.69) is 4.98 Å². The van der Waals surface area contributed by atoms with Crippen LogP contribution in [0.15, 0.2) is 36.5 Å². The number of nitrogens with zero attached hydrogens (tertiary/aromatic N) is 1. The van der Waals surface area contributed by atoms with E-state index in [1.165, 1.54) is 0 Å². The topological polar surface area (TPSA) is 60.8 Å². The number of aliphatic hydroxyl groups excluding tert-OH is 1. The van der Waals surface area contributed by atoms with E-state index >= 15 is 0 Å². The van der Waals surface area contributed by atoms with Gasteiger partial charge in [0.15, 0.2) is 11.5 Å². The van der Waals surface area contributed by atoms with Crippen molar-refractivity contribution in [1.82, 2.24) is 4.98 Å². The van der Waals surface area contributed by atoms with Crippen molar-refractivity contribution in [2.75, 3.05) is 6.79 Å². The van der Waals surface area contributed by atoms with Crippen LogP contribution in [0.1, 0.15) is 18.7 Å². The van der Waals surface area contributed by atoms with Crippen LogP contribution >= 0.6 is 0 Å². The Balaban J connectivity index is 1.77. The molecule has 1 aromatic heterocycles. The predicted octanol–water partition coefficient (Wildman–Crippen LogP) is 2.66. The highest BCUT2D eigenvalue weighted by Gasteiger charge is 2.14. The lowest BCUT2D eigenvalue weighted by atomic mass is 10.2. The summed E-state index contributed by atoms with van der Waals surface area (Å²) in [5.41, 5.74) is 0.609. The van der Waals surface area contributed by atoms with E-state index in [9.17, 15) is 5.11 Å². The molecule has 0 radical (unpaired) electrons. The van der Waals surface area contributed by atoms with Crippen LogP contribution in [-0.4, -0.2) is 16.9 Å².